The lowest BCUT2D eigenvalue weighted by atomic mass is 10.1. The third-order valence-electron chi connectivity index (χ3n) is 5.69. The van der Waals surface area contributed by atoms with E-state index in [4.69, 9.17) is 20.8 Å². The maximum atomic E-state index is 12.0. The fourth-order valence-electron chi connectivity index (χ4n) is 4.05. The lowest BCUT2D eigenvalue weighted by molar-refractivity contribution is -0.124. The number of amides is 1. The number of aromatic nitrogens is 3. The Morgan fingerprint density at radius 3 is 2.84 bits per heavy atom. The summed E-state index contributed by atoms with van der Waals surface area (Å²) in [5.74, 6) is 1.56. The van der Waals surface area contributed by atoms with Crippen molar-refractivity contribution in [2.75, 3.05) is 11.9 Å². The number of aliphatic hydroxyl groups is 1. The lowest BCUT2D eigenvalue weighted by Gasteiger charge is -2.16. The standard InChI is InChI=1S/C27H26ClN5O4/c1-27(2,35)15-24(34)29-10-12-33-11-8-20-25(33)26(31-16-30-20)32-17-6-7-23(19(28)14-17)37-22-5-3-4-21-18(22)9-13-36-21/h3-9,11,13-14,16,35H,10,12,15H2,1-2H3,(H,29,34)(H,30,31,32). The molecule has 0 radical (unpaired) electrons. The van der Waals surface area contributed by atoms with Crippen molar-refractivity contribution >= 4 is 51.0 Å². The van der Waals surface area contributed by atoms with E-state index in [9.17, 15) is 9.90 Å². The molecule has 0 unspecified atom stereocenters. The minimum absolute atomic E-state index is 0.0348. The average molecular weight is 520 g/mol. The monoisotopic (exact) mass is 519 g/mol. The fraction of sp³-hybridized carbons (Fsp3) is 0.222. The summed E-state index contributed by atoms with van der Waals surface area (Å²) >= 11 is 6.56. The second-order valence-electron chi connectivity index (χ2n) is 9.27. The first-order chi connectivity index (χ1) is 17.8. The Hall–Kier alpha value is -4.08. The second-order valence-corrected chi connectivity index (χ2v) is 9.67. The number of carbonyl (C=O) groups is 1. The summed E-state index contributed by atoms with van der Waals surface area (Å²) in [6.45, 7) is 4.11. The molecule has 5 aromatic rings. The van der Waals surface area contributed by atoms with E-state index in [1.807, 2.05) is 47.2 Å². The zero-order valence-corrected chi connectivity index (χ0v) is 21.1. The number of benzene rings is 2. The third kappa shape index (κ3) is 5.68. The van der Waals surface area contributed by atoms with Gasteiger partial charge in [-0.1, -0.05) is 17.7 Å². The van der Waals surface area contributed by atoms with Crippen molar-refractivity contribution in [3.63, 3.8) is 0 Å². The summed E-state index contributed by atoms with van der Waals surface area (Å²) in [6.07, 6.45) is 5.04. The number of nitrogens with zero attached hydrogens (tertiary/aromatic N) is 3. The molecule has 3 aromatic heterocycles. The fourth-order valence-corrected chi connectivity index (χ4v) is 4.27. The van der Waals surface area contributed by atoms with E-state index in [1.165, 1.54) is 6.33 Å². The third-order valence-corrected chi connectivity index (χ3v) is 5.98. The highest BCUT2D eigenvalue weighted by molar-refractivity contribution is 6.32. The summed E-state index contributed by atoms with van der Waals surface area (Å²) < 4.78 is 13.5. The van der Waals surface area contributed by atoms with Crippen LogP contribution in [0.4, 0.5) is 11.5 Å². The first-order valence-corrected chi connectivity index (χ1v) is 12.1. The smallest absolute Gasteiger partial charge is 0.222 e. The molecule has 10 heteroatoms. The molecule has 0 saturated carbocycles. The van der Waals surface area contributed by atoms with Gasteiger partial charge in [0.05, 0.1) is 34.2 Å². The molecule has 3 heterocycles. The van der Waals surface area contributed by atoms with E-state index >= 15 is 0 Å². The zero-order chi connectivity index (χ0) is 26.0. The number of ether oxygens (including phenoxy) is 1. The molecule has 0 atom stereocenters. The van der Waals surface area contributed by atoms with Crippen LogP contribution in [-0.2, 0) is 11.3 Å². The van der Waals surface area contributed by atoms with Crippen LogP contribution < -0.4 is 15.4 Å². The molecule has 0 fully saturated rings. The number of anilines is 2. The van der Waals surface area contributed by atoms with Crippen molar-refractivity contribution in [1.29, 1.82) is 0 Å². The van der Waals surface area contributed by atoms with Crippen molar-refractivity contribution < 1.29 is 19.1 Å². The van der Waals surface area contributed by atoms with Gasteiger partial charge in [-0.05, 0) is 56.3 Å². The number of halogens is 1. The highest BCUT2D eigenvalue weighted by atomic mass is 35.5. The van der Waals surface area contributed by atoms with Gasteiger partial charge in [0.15, 0.2) is 5.82 Å². The van der Waals surface area contributed by atoms with E-state index in [-0.39, 0.29) is 12.3 Å². The van der Waals surface area contributed by atoms with Crippen molar-refractivity contribution in [3.8, 4) is 11.5 Å². The molecule has 37 heavy (non-hydrogen) atoms. The lowest BCUT2D eigenvalue weighted by Crippen LogP contribution is -2.33. The Bertz CT molecular complexity index is 1570. The molecule has 3 N–H and O–H groups in total. The quantitative estimate of drug-likeness (QED) is 0.231. The van der Waals surface area contributed by atoms with Crippen LogP contribution in [0.5, 0.6) is 11.5 Å². The van der Waals surface area contributed by atoms with Crippen molar-refractivity contribution in [3.05, 3.63) is 72.3 Å². The highest BCUT2D eigenvalue weighted by Gasteiger charge is 2.18. The number of nitrogens with one attached hydrogen (secondary N) is 2. The van der Waals surface area contributed by atoms with Crippen LogP contribution in [0.2, 0.25) is 5.02 Å². The van der Waals surface area contributed by atoms with E-state index in [2.05, 4.69) is 20.6 Å². The van der Waals surface area contributed by atoms with Crippen LogP contribution in [0, 0.1) is 0 Å². The molecule has 5 rings (SSSR count). The van der Waals surface area contributed by atoms with E-state index in [0.29, 0.717) is 35.4 Å². The summed E-state index contributed by atoms with van der Waals surface area (Å²) in [4.78, 5) is 20.8. The molecule has 190 valence electrons. The molecule has 0 saturated heterocycles. The molecular weight excluding hydrogens is 494 g/mol. The number of rotatable bonds is 9. The van der Waals surface area contributed by atoms with Gasteiger partial charge in [0.1, 0.15) is 28.9 Å². The van der Waals surface area contributed by atoms with Gasteiger partial charge in [0.2, 0.25) is 5.91 Å². The van der Waals surface area contributed by atoms with Crippen LogP contribution in [0.25, 0.3) is 22.0 Å². The van der Waals surface area contributed by atoms with E-state index in [1.54, 1.807) is 32.2 Å². The molecule has 2 aromatic carbocycles. The van der Waals surface area contributed by atoms with Gasteiger partial charge in [-0.15, -0.1) is 0 Å². The number of hydrogen-bond acceptors (Lipinski definition) is 7. The van der Waals surface area contributed by atoms with Crippen LogP contribution in [0.3, 0.4) is 0 Å². The van der Waals surface area contributed by atoms with Gasteiger partial charge in [0.25, 0.3) is 0 Å². The maximum Gasteiger partial charge on any atom is 0.222 e. The number of furan rings is 1. The predicted molar refractivity (Wildman–Crippen MR) is 142 cm³/mol. The van der Waals surface area contributed by atoms with E-state index < -0.39 is 5.60 Å². The summed E-state index contributed by atoms with van der Waals surface area (Å²) in [6, 6.07) is 14.7. The topological polar surface area (TPSA) is 114 Å². The van der Waals surface area contributed by atoms with Crippen molar-refractivity contribution in [2.24, 2.45) is 0 Å². The van der Waals surface area contributed by atoms with Crippen LogP contribution in [0.15, 0.2) is 71.7 Å². The maximum absolute atomic E-state index is 12.0. The number of hydrogen-bond donors (Lipinski definition) is 3. The zero-order valence-electron chi connectivity index (χ0n) is 20.4. The molecule has 0 spiro atoms. The molecule has 1 amide bonds. The van der Waals surface area contributed by atoms with Crippen molar-refractivity contribution in [2.45, 2.75) is 32.4 Å². The van der Waals surface area contributed by atoms with Crippen molar-refractivity contribution in [1.82, 2.24) is 19.9 Å². The van der Waals surface area contributed by atoms with Gasteiger partial charge < -0.3 is 29.5 Å². The van der Waals surface area contributed by atoms with Gasteiger partial charge in [0, 0.05) is 25.0 Å². The summed E-state index contributed by atoms with van der Waals surface area (Å²) in [5.41, 5.74) is 1.97. The summed E-state index contributed by atoms with van der Waals surface area (Å²) in [5, 5.41) is 17.3. The minimum Gasteiger partial charge on any atom is -0.464 e. The normalized spacial score (nSPS) is 11.7. The molecule has 0 aliphatic heterocycles. The minimum atomic E-state index is -1.05. The Labute approximate surface area is 218 Å². The van der Waals surface area contributed by atoms with Gasteiger partial charge in [-0.2, -0.15) is 0 Å². The second kappa shape index (κ2) is 10.1. The molecule has 9 nitrogen and oxygen atoms in total. The Morgan fingerprint density at radius 1 is 1.16 bits per heavy atom. The van der Waals surface area contributed by atoms with Crippen LogP contribution in [0.1, 0.15) is 20.3 Å². The SMILES string of the molecule is CC(C)(O)CC(=O)NCCn1ccc2ncnc(Nc3ccc(Oc4cccc5occc45)c(Cl)c3)c21. The average Bonchev–Trinajstić information content (AvgIpc) is 3.48. The number of carbonyl (C=O) groups excluding carboxylic acids is 1. The Morgan fingerprint density at radius 2 is 2.03 bits per heavy atom. The van der Waals surface area contributed by atoms with Gasteiger partial charge in [-0.25, -0.2) is 9.97 Å². The van der Waals surface area contributed by atoms with Crippen LogP contribution in [-0.4, -0.2) is 37.7 Å². The molecule has 0 aliphatic rings. The van der Waals surface area contributed by atoms with E-state index in [0.717, 1.165) is 27.7 Å². The molecule has 0 aliphatic carbocycles. The van der Waals surface area contributed by atoms with Gasteiger partial charge in [-0.3, -0.25) is 4.79 Å². The summed E-state index contributed by atoms with van der Waals surface area (Å²) in [7, 11) is 0. The largest absolute Gasteiger partial charge is 0.464 e. The number of fused-ring (bicyclic) bond motifs is 2. The van der Waals surface area contributed by atoms with Gasteiger partial charge >= 0.3 is 0 Å². The highest BCUT2D eigenvalue weighted by Crippen LogP contribution is 2.36. The molecular formula is C27H26ClN5O4. The first-order valence-electron chi connectivity index (χ1n) is 11.8. The van der Waals surface area contributed by atoms with Crippen LogP contribution >= 0.6 is 11.6 Å². The Kier molecular flexibility index (Phi) is 6.73. The predicted octanol–water partition coefficient (Wildman–Crippen LogP) is 5.64. The Balaban J connectivity index is 1.31. The first kappa shape index (κ1) is 24.6. The molecule has 0 bridgehead atoms.